The fourth-order valence-electron chi connectivity index (χ4n) is 5.56. The van der Waals surface area contributed by atoms with Crippen molar-refractivity contribution in [2.24, 2.45) is 5.92 Å². The van der Waals surface area contributed by atoms with Gasteiger partial charge in [0.05, 0.1) is 12.2 Å². The number of para-hydroxylation sites is 1. The number of aryl methyl sites for hydroxylation is 1. The van der Waals surface area contributed by atoms with E-state index in [2.05, 4.69) is 62.2 Å². The van der Waals surface area contributed by atoms with Crippen molar-refractivity contribution in [3.63, 3.8) is 0 Å². The number of aromatic nitrogens is 1. The van der Waals surface area contributed by atoms with Crippen LogP contribution in [0.2, 0.25) is 0 Å². The van der Waals surface area contributed by atoms with Crippen LogP contribution >= 0.6 is 0 Å². The molecule has 0 unspecified atom stereocenters. The molecule has 3 heterocycles. The number of carbonyl (C=O) groups excluding carboxylic acids is 2. The quantitative estimate of drug-likeness (QED) is 0.615. The fourth-order valence-corrected chi connectivity index (χ4v) is 5.56. The molecule has 0 radical (unpaired) electrons. The minimum absolute atomic E-state index is 0.0223. The topological polar surface area (TPSA) is 56.4 Å². The van der Waals surface area contributed by atoms with Gasteiger partial charge >= 0.3 is 0 Å². The fraction of sp³-hybridized carbons (Fsp3) is 0.429. The first-order valence-electron chi connectivity index (χ1n) is 12.1. The zero-order valence-electron chi connectivity index (χ0n) is 20.0. The van der Waals surface area contributed by atoms with E-state index in [-0.39, 0.29) is 24.3 Å². The molecule has 1 aromatic heterocycles. The summed E-state index contributed by atoms with van der Waals surface area (Å²) in [6, 6.07) is 17.0. The summed E-state index contributed by atoms with van der Waals surface area (Å²) in [6.07, 6.45) is 1.88. The van der Waals surface area contributed by atoms with Gasteiger partial charge in [-0.1, -0.05) is 63.2 Å². The lowest BCUT2D eigenvalue weighted by atomic mass is 9.76. The van der Waals surface area contributed by atoms with Crippen LogP contribution in [0.15, 0.2) is 48.5 Å². The molecule has 3 aromatic rings. The number of hydrogen-bond donors (Lipinski definition) is 1. The molecule has 0 spiro atoms. The molecular weight excluding hydrogens is 410 g/mol. The van der Waals surface area contributed by atoms with Crippen molar-refractivity contribution >= 4 is 22.7 Å². The van der Waals surface area contributed by atoms with E-state index in [9.17, 15) is 9.59 Å². The second kappa shape index (κ2) is 8.05. The lowest BCUT2D eigenvalue weighted by molar-refractivity contribution is -0.166. The largest absolute Gasteiger partial charge is 0.356 e. The van der Waals surface area contributed by atoms with Crippen LogP contribution in [0.3, 0.4) is 0 Å². The van der Waals surface area contributed by atoms with Crippen LogP contribution in [0.25, 0.3) is 10.9 Å². The Morgan fingerprint density at radius 3 is 2.52 bits per heavy atom. The molecule has 1 saturated heterocycles. The minimum atomic E-state index is -1.01. The Balaban J connectivity index is 1.67. The summed E-state index contributed by atoms with van der Waals surface area (Å²) in [5.41, 5.74) is 4.50. The predicted molar refractivity (Wildman–Crippen MR) is 131 cm³/mol. The van der Waals surface area contributed by atoms with Crippen LogP contribution in [0, 0.1) is 5.92 Å². The van der Waals surface area contributed by atoms with Gasteiger partial charge in [-0.3, -0.25) is 9.59 Å². The maximum Gasteiger partial charge on any atom is 0.254 e. The highest BCUT2D eigenvalue weighted by atomic mass is 16.2. The second-order valence-corrected chi connectivity index (χ2v) is 10.1. The third kappa shape index (κ3) is 3.36. The SMILES string of the molecule is CCc1ccc([C@@H]2CN3C(=O)CN(CCC(C)C)C(=O)[C@]3(C)c3[nH]c4ccccc4c32)cc1. The first-order chi connectivity index (χ1) is 15.8. The first kappa shape index (κ1) is 21.7. The second-order valence-electron chi connectivity index (χ2n) is 10.1. The number of fused-ring (bicyclic) bond motifs is 5. The summed E-state index contributed by atoms with van der Waals surface area (Å²) >= 11 is 0. The van der Waals surface area contributed by atoms with Gasteiger partial charge in [0.2, 0.25) is 5.91 Å². The first-order valence-corrected chi connectivity index (χ1v) is 12.1. The van der Waals surface area contributed by atoms with Crippen LogP contribution in [0.1, 0.15) is 62.4 Å². The summed E-state index contributed by atoms with van der Waals surface area (Å²) in [6.45, 7) is 9.67. The van der Waals surface area contributed by atoms with Gasteiger partial charge in [-0.15, -0.1) is 0 Å². The van der Waals surface area contributed by atoms with E-state index in [4.69, 9.17) is 0 Å². The van der Waals surface area contributed by atoms with E-state index < -0.39 is 5.54 Å². The molecule has 2 aliphatic rings. The lowest BCUT2D eigenvalue weighted by Crippen LogP contribution is -2.67. The molecule has 1 N–H and O–H groups in total. The molecule has 5 nitrogen and oxygen atoms in total. The number of benzene rings is 2. The monoisotopic (exact) mass is 443 g/mol. The maximum absolute atomic E-state index is 13.9. The third-order valence-corrected chi connectivity index (χ3v) is 7.58. The number of piperazine rings is 1. The van der Waals surface area contributed by atoms with E-state index in [0.717, 1.165) is 35.0 Å². The molecule has 5 rings (SSSR count). The Bertz CT molecular complexity index is 1210. The molecule has 0 aliphatic carbocycles. The smallest absolute Gasteiger partial charge is 0.254 e. The van der Waals surface area contributed by atoms with Crippen molar-refractivity contribution in [1.82, 2.24) is 14.8 Å². The van der Waals surface area contributed by atoms with Gasteiger partial charge in [0, 0.05) is 29.9 Å². The minimum Gasteiger partial charge on any atom is -0.356 e. The third-order valence-electron chi connectivity index (χ3n) is 7.58. The van der Waals surface area contributed by atoms with E-state index in [1.54, 1.807) is 4.90 Å². The average Bonchev–Trinajstić information content (AvgIpc) is 3.21. The van der Waals surface area contributed by atoms with Crippen molar-refractivity contribution in [2.75, 3.05) is 19.6 Å². The van der Waals surface area contributed by atoms with Gasteiger partial charge in [-0.25, -0.2) is 0 Å². The van der Waals surface area contributed by atoms with E-state index in [0.29, 0.717) is 19.0 Å². The van der Waals surface area contributed by atoms with Gasteiger partial charge in [0.15, 0.2) is 5.54 Å². The summed E-state index contributed by atoms with van der Waals surface area (Å²) in [5.74, 6) is 0.550. The summed E-state index contributed by atoms with van der Waals surface area (Å²) in [5, 5.41) is 1.14. The Hall–Kier alpha value is -3.08. The molecule has 5 heteroatoms. The molecular formula is C28H33N3O2. The Morgan fingerprint density at radius 2 is 1.82 bits per heavy atom. The standard InChI is InChI=1S/C28H33N3O2/c1-5-19-10-12-20(13-11-19)22-16-31-24(32)17-30(15-14-18(2)3)27(33)28(31,4)26-25(22)21-8-6-7-9-23(21)29-26/h6-13,18,22,29H,5,14-17H2,1-4H3/t22-,28-/m0/s1. The van der Waals surface area contributed by atoms with Crippen LogP contribution in [0.5, 0.6) is 0 Å². The Labute approximate surface area is 195 Å². The molecule has 172 valence electrons. The molecule has 2 aliphatic heterocycles. The Kier molecular flexibility index (Phi) is 5.31. The zero-order chi connectivity index (χ0) is 23.3. The van der Waals surface area contributed by atoms with Crippen LogP contribution in [-0.4, -0.2) is 46.2 Å². The maximum atomic E-state index is 13.9. The zero-order valence-corrected chi connectivity index (χ0v) is 20.0. The van der Waals surface area contributed by atoms with Crippen molar-refractivity contribution in [1.29, 1.82) is 0 Å². The van der Waals surface area contributed by atoms with E-state index in [1.807, 2.05) is 24.0 Å². The van der Waals surface area contributed by atoms with E-state index >= 15 is 0 Å². The predicted octanol–water partition coefficient (Wildman–Crippen LogP) is 4.81. The van der Waals surface area contributed by atoms with Crippen molar-refractivity contribution in [3.05, 3.63) is 70.9 Å². The highest BCUT2D eigenvalue weighted by molar-refractivity contribution is 6.01. The molecule has 1 fully saturated rings. The highest BCUT2D eigenvalue weighted by Crippen LogP contribution is 2.48. The molecule has 2 amide bonds. The molecule has 0 bridgehead atoms. The van der Waals surface area contributed by atoms with Crippen LogP contribution < -0.4 is 0 Å². The molecule has 2 atom stereocenters. The normalized spacial score (nSPS) is 22.8. The Morgan fingerprint density at radius 1 is 1.09 bits per heavy atom. The number of amides is 2. The van der Waals surface area contributed by atoms with Crippen molar-refractivity contribution in [2.45, 2.75) is 52.0 Å². The number of rotatable bonds is 5. The number of aromatic amines is 1. The highest BCUT2D eigenvalue weighted by Gasteiger charge is 2.56. The number of nitrogens with zero attached hydrogens (tertiary/aromatic N) is 2. The summed E-state index contributed by atoms with van der Waals surface area (Å²) < 4.78 is 0. The van der Waals surface area contributed by atoms with Gasteiger partial charge in [-0.2, -0.15) is 0 Å². The van der Waals surface area contributed by atoms with Gasteiger partial charge < -0.3 is 14.8 Å². The summed E-state index contributed by atoms with van der Waals surface area (Å²) in [4.78, 5) is 34.5. The number of H-pyrrole nitrogens is 1. The number of nitrogens with one attached hydrogen (secondary N) is 1. The molecule has 0 saturated carbocycles. The van der Waals surface area contributed by atoms with Crippen molar-refractivity contribution < 1.29 is 9.59 Å². The van der Waals surface area contributed by atoms with Crippen LogP contribution in [-0.2, 0) is 21.5 Å². The average molecular weight is 444 g/mol. The number of hydrogen-bond acceptors (Lipinski definition) is 2. The summed E-state index contributed by atoms with van der Waals surface area (Å²) in [7, 11) is 0. The van der Waals surface area contributed by atoms with Crippen LogP contribution in [0.4, 0.5) is 0 Å². The lowest BCUT2D eigenvalue weighted by Gasteiger charge is -2.51. The molecule has 33 heavy (non-hydrogen) atoms. The van der Waals surface area contributed by atoms with Gasteiger partial charge in [0.25, 0.3) is 5.91 Å². The van der Waals surface area contributed by atoms with Crippen molar-refractivity contribution in [3.8, 4) is 0 Å². The van der Waals surface area contributed by atoms with Gasteiger partial charge in [-0.05, 0) is 48.4 Å². The number of carbonyl (C=O) groups is 2. The van der Waals surface area contributed by atoms with Gasteiger partial charge in [0.1, 0.15) is 0 Å². The molecule has 2 aromatic carbocycles. The van der Waals surface area contributed by atoms with E-state index in [1.165, 1.54) is 11.1 Å².